The Balaban J connectivity index is 2.73. The van der Waals surface area contributed by atoms with Crippen molar-refractivity contribution < 1.29 is 19.8 Å². The van der Waals surface area contributed by atoms with E-state index in [1.54, 1.807) is 0 Å². The number of hydrogen-bond donors (Lipinski definition) is 3. The van der Waals surface area contributed by atoms with Gasteiger partial charge >= 0.3 is 5.97 Å². The fraction of sp³-hybridized carbons (Fsp3) is 0.333. The summed E-state index contributed by atoms with van der Waals surface area (Å²) in [6.45, 7) is -0.349. The van der Waals surface area contributed by atoms with E-state index in [9.17, 15) is 9.59 Å². The lowest BCUT2D eigenvalue weighted by atomic mass is 10.2. The Bertz CT molecular complexity index is 426. The lowest BCUT2D eigenvalue weighted by Gasteiger charge is -2.12. The summed E-state index contributed by atoms with van der Waals surface area (Å²) in [5.74, 6) is -1.94. The topological polar surface area (TPSA) is 112 Å². The summed E-state index contributed by atoms with van der Waals surface area (Å²) in [4.78, 5) is 29.6. The number of nitrogens with one attached hydrogen (secondary N) is 1. The van der Waals surface area contributed by atoms with E-state index in [0.717, 1.165) is 0 Å². The maximum Gasteiger partial charge on any atom is 0.326 e. The molecule has 1 atom stereocenters. The van der Waals surface area contributed by atoms with Gasteiger partial charge in [0.2, 0.25) is 0 Å². The molecule has 1 heterocycles. The molecule has 0 aliphatic carbocycles. The Kier molecular flexibility index (Phi) is 4.80. The smallest absolute Gasteiger partial charge is 0.326 e. The van der Waals surface area contributed by atoms with Gasteiger partial charge in [0.15, 0.2) is 0 Å². The van der Waals surface area contributed by atoms with Crippen LogP contribution in [0.4, 0.5) is 0 Å². The van der Waals surface area contributed by atoms with Gasteiger partial charge in [-0.3, -0.25) is 9.78 Å². The monoisotopic (exact) mass is 259 g/mol. The van der Waals surface area contributed by atoms with Crippen LogP contribution in [0.15, 0.2) is 12.4 Å². The lowest BCUT2D eigenvalue weighted by molar-refractivity contribution is -0.139. The zero-order valence-corrected chi connectivity index (χ0v) is 9.39. The zero-order valence-electron chi connectivity index (χ0n) is 8.63. The Morgan fingerprint density at radius 3 is 2.71 bits per heavy atom. The summed E-state index contributed by atoms with van der Waals surface area (Å²) in [5, 5.41) is 19.7. The van der Waals surface area contributed by atoms with Gasteiger partial charge in [0.05, 0.1) is 12.4 Å². The van der Waals surface area contributed by atoms with Crippen LogP contribution in [0.2, 0.25) is 5.15 Å². The van der Waals surface area contributed by atoms with E-state index < -0.39 is 17.9 Å². The van der Waals surface area contributed by atoms with Crippen LogP contribution in [0.3, 0.4) is 0 Å². The molecule has 1 unspecified atom stereocenters. The zero-order chi connectivity index (χ0) is 12.8. The molecule has 1 aromatic heterocycles. The van der Waals surface area contributed by atoms with E-state index in [0.29, 0.717) is 0 Å². The molecule has 92 valence electrons. The minimum absolute atomic E-state index is 0.0340. The molecule has 0 radical (unpaired) electrons. The summed E-state index contributed by atoms with van der Waals surface area (Å²) in [6.07, 6.45) is 2.33. The van der Waals surface area contributed by atoms with Gasteiger partial charge in [-0.2, -0.15) is 0 Å². The van der Waals surface area contributed by atoms with Crippen molar-refractivity contribution in [2.45, 2.75) is 12.5 Å². The van der Waals surface area contributed by atoms with Crippen molar-refractivity contribution in [3.05, 3.63) is 23.2 Å². The van der Waals surface area contributed by atoms with Gasteiger partial charge in [-0.1, -0.05) is 11.6 Å². The van der Waals surface area contributed by atoms with Crippen molar-refractivity contribution in [1.82, 2.24) is 15.3 Å². The average molecular weight is 260 g/mol. The highest BCUT2D eigenvalue weighted by molar-refractivity contribution is 6.29. The van der Waals surface area contributed by atoms with Crippen molar-refractivity contribution in [1.29, 1.82) is 0 Å². The van der Waals surface area contributed by atoms with Crippen LogP contribution in [0.25, 0.3) is 0 Å². The summed E-state index contributed by atoms with van der Waals surface area (Å²) in [7, 11) is 0. The fourth-order valence-corrected chi connectivity index (χ4v) is 1.22. The van der Waals surface area contributed by atoms with Crippen LogP contribution in [0, 0.1) is 0 Å². The first kappa shape index (κ1) is 13.3. The number of carboxylic acids is 1. The lowest BCUT2D eigenvalue weighted by Crippen LogP contribution is -2.41. The van der Waals surface area contributed by atoms with Gasteiger partial charge < -0.3 is 15.5 Å². The Hall–Kier alpha value is -1.73. The van der Waals surface area contributed by atoms with Crippen LogP contribution in [0.5, 0.6) is 0 Å². The predicted molar refractivity (Wildman–Crippen MR) is 57.6 cm³/mol. The van der Waals surface area contributed by atoms with Crippen LogP contribution in [-0.4, -0.2) is 44.7 Å². The molecule has 0 aliphatic heterocycles. The Morgan fingerprint density at radius 2 is 2.18 bits per heavy atom. The number of nitrogens with zero attached hydrogens (tertiary/aromatic N) is 2. The fourth-order valence-electron chi connectivity index (χ4n) is 1.07. The third kappa shape index (κ3) is 3.97. The highest BCUT2D eigenvalue weighted by Crippen LogP contribution is 2.03. The van der Waals surface area contributed by atoms with Crippen LogP contribution < -0.4 is 5.32 Å². The molecule has 1 rings (SSSR count). The number of aliphatic hydroxyl groups is 1. The van der Waals surface area contributed by atoms with Crippen molar-refractivity contribution in [3.8, 4) is 0 Å². The second-order valence-electron chi connectivity index (χ2n) is 3.10. The molecule has 1 aromatic rings. The first-order valence-electron chi connectivity index (χ1n) is 4.66. The number of aliphatic hydroxyl groups excluding tert-OH is 1. The van der Waals surface area contributed by atoms with Crippen molar-refractivity contribution in [3.63, 3.8) is 0 Å². The maximum absolute atomic E-state index is 11.6. The standard InChI is InChI=1S/C9H10ClN3O4/c10-7-4-11-3-6(12-7)8(15)13-5(1-2-14)9(16)17/h3-5,14H,1-2H2,(H,13,15)(H,16,17). The number of hydrogen-bond acceptors (Lipinski definition) is 5. The van der Waals surface area contributed by atoms with Gasteiger partial charge in [0.1, 0.15) is 16.9 Å². The average Bonchev–Trinajstić information content (AvgIpc) is 2.28. The minimum atomic E-state index is -1.23. The quantitative estimate of drug-likeness (QED) is 0.669. The second kappa shape index (κ2) is 6.12. The first-order valence-corrected chi connectivity index (χ1v) is 5.04. The van der Waals surface area contributed by atoms with Crippen LogP contribution >= 0.6 is 11.6 Å². The van der Waals surface area contributed by atoms with E-state index >= 15 is 0 Å². The summed E-state index contributed by atoms with van der Waals surface area (Å²) in [6, 6.07) is -1.17. The molecule has 17 heavy (non-hydrogen) atoms. The van der Waals surface area contributed by atoms with E-state index in [2.05, 4.69) is 15.3 Å². The number of carboxylic acid groups (broad SMARTS) is 1. The summed E-state index contributed by atoms with van der Waals surface area (Å²) < 4.78 is 0. The van der Waals surface area contributed by atoms with Gasteiger partial charge in [-0.15, -0.1) is 0 Å². The van der Waals surface area contributed by atoms with Gasteiger partial charge in [-0.25, -0.2) is 9.78 Å². The Morgan fingerprint density at radius 1 is 1.47 bits per heavy atom. The third-order valence-corrected chi connectivity index (χ3v) is 2.04. The molecule has 0 bridgehead atoms. The van der Waals surface area contributed by atoms with Gasteiger partial charge in [-0.05, 0) is 0 Å². The summed E-state index contributed by atoms with van der Waals surface area (Å²) >= 11 is 5.54. The molecule has 7 nitrogen and oxygen atoms in total. The SMILES string of the molecule is O=C(NC(CCO)C(=O)O)c1cncc(Cl)n1. The van der Waals surface area contributed by atoms with Crippen LogP contribution in [0.1, 0.15) is 16.9 Å². The Labute approximate surface area is 101 Å². The molecule has 0 saturated carbocycles. The number of carbonyl (C=O) groups excluding carboxylic acids is 1. The largest absolute Gasteiger partial charge is 0.480 e. The second-order valence-corrected chi connectivity index (χ2v) is 3.49. The number of amides is 1. The van der Waals surface area contributed by atoms with E-state index in [4.69, 9.17) is 21.8 Å². The number of rotatable bonds is 5. The molecular formula is C9H10ClN3O4. The van der Waals surface area contributed by atoms with Crippen LogP contribution in [-0.2, 0) is 4.79 Å². The molecule has 3 N–H and O–H groups in total. The third-order valence-electron chi connectivity index (χ3n) is 1.86. The van der Waals surface area contributed by atoms with E-state index in [1.165, 1.54) is 12.4 Å². The highest BCUT2D eigenvalue weighted by Gasteiger charge is 2.20. The molecule has 0 spiro atoms. The van der Waals surface area contributed by atoms with Crippen molar-refractivity contribution in [2.24, 2.45) is 0 Å². The predicted octanol–water partition coefficient (Wildman–Crippen LogP) is -0.305. The molecule has 0 aliphatic rings. The molecule has 0 saturated heterocycles. The molecule has 0 fully saturated rings. The summed E-state index contributed by atoms with van der Waals surface area (Å²) in [5.41, 5.74) is -0.0818. The number of aromatic nitrogens is 2. The highest BCUT2D eigenvalue weighted by atomic mass is 35.5. The van der Waals surface area contributed by atoms with E-state index in [-0.39, 0.29) is 23.9 Å². The van der Waals surface area contributed by atoms with Gasteiger partial charge in [0, 0.05) is 13.0 Å². The molecule has 0 aromatic carbocycles. The van der Waals surface area contributed by atoms with Crippen molar-refractivity contribution in [2.75, 3.05) is 6.61 Å². The number of aliphatic carboxylic acids is 1. The number of halogens is 1. The maximum atomic E-state index is 11.6. The van der Waals surface area contributed by atoms with Crippen molar-refractivity contribution >= 4 is 23.5 Å². The normalized spacial score (nSPS) is 11.9. The number of carbonyl (C=O) groups is 2. The molecule has 1 amide bonds. The minimum Gasteiger partial charge on any atom is -0.480 e. The molecular weight excluding hydrogens is 250 g/mol. The molecule has 8 heteroatoms. The first-order chi connectivity index (χ1) is 8.04. The van der Waals surface area contributed by atoms with E-state index in [1.807, 2.05) is 0 Å². The van der Waals surface area contributed by atoms with Gasteiger partial charge in [0.25, 0.3) is 5.91 Å².